The van der Waals surface area contributed by atoms with Crippen molar-refractivity contribution in [1.29, 1.82) is 0 Å². The van der Waals surface area contributed by atoms with E-state index < -0.39 is 10.1 Å². The summed E-state index contributed by atoms with van der Waals surface area (Å²) in [6.45, 7) is 2.58. The van der Waals surface area contributed by atoms with Crippen LogP contribution in [0.3, 0.4) is 0 Å². The lowest BCUT2D eigenvalue weighted by molar-refractivity contribution is -0.130. The molecule has 1 heterocycles. The maximum absolute atomic E-state index is 12.8. The van der Waals surface area contributed by atoms with Crippen LogP contribution in [0.15, 0.2) is 72.8 Å². The van der Waals surface area contributed by atoms with E-state index in [1.165, 1.54) is 0 Å². The van der Waals surface area contributed by atoms with E-state index in [0.717, 1.165) is 11.3 Å². The lowest BCUT2D eigenvalue weighted by atomic mass is 10.1. The molecule has 0 spiro atoms. The number of carbonyl (C=O) groups excluding carboxylic acids is 1. The van der Waals surface area contributed by atoms with Gasteiger partial charge in [-0.2, -0.15) is 8.42 Å². The molecular weight excluding hydrogens is 480 g/mol. The average Bonchev–Trinajstić information content (AvgIpc) is 2.89. The molecule has 0 atom stereocenters. The van der Waals surface area contributed by atoms with Gasteiger partial charge in [0, 0.05) is 31.9 Å². The van der Waals surface area contributed by atoms with Gasteiger partial charge in [-0.05, 0) is 47.5 Å². The zero-order valence-corrected chi connectivity index (χ0v) is 21.2. The Labute approximate surface area is 212 Å². The van der Waals surface area contributed by atoms with Gasteiger partial charge >= 0.3 is 10.1 Å². The summed E-state index contributed by atoms with van der Waals surface area (Å²) in [5, 5.41) is 0. The summed E-state index contributed by atoms with van der Waals surface area (Å²) in [5.41, 5.74) is 2.50. The van der Waals surface area contributed by atoms with Gasteiger partial charge in [-0.1, -0.05) is 36.4 Å². The predicted octanol–water partition coefficient (Wildman–Crippen LogP) is 3.50. The second-order valence-electron chi connectivity index (χ2n) is 8.50. The molecule has 0 radical (unpaired) electrons. The molecule has 1 saturated heterocycles. The summed E-state index contributed by atoms with van der Waals surface area (Å²) >= 11 is 0. The summed E-state index contributed by atoms with van der Waals surface area (Å²) in [5.74, 6) is 1.39. The number of ether oxygens (including phenoxy) is 2. The van der Waals surface area contributed by atoms with Crippen LogP contribution in [0, 0.1) is 0 Å². The number of amides is 1. The Kier molecular flexibility index (Phi) is 8.00. The van der Waals surface area contributed by atoms with E-state index in [4.69, 9.17) is 13.7 Å². The largest absolute Gasteiger partial charge is 0.493 e. The van der Waals surface area contributed by atoms with Crippen molar-refractivity contribution in [3.63, 3.8) is 0 Å². The second kappa shape index (κ2) is 11.3. The Hall–Kier alpha value is -3.72. The minimum atomic E-state index is -3.75. The Morgan fingerprint density at radius 2 is 1.47 bits per heavy atom. The van der Waals surface area contributed by atoms with Crippen LogP contribution in [0.25, 0.3) is 0 Å². The molecule has 4 rings (SSSR count). The molecule has 0 bridgehead atoms. The van der Waals surface area contributed by atoms with Gasteiger partial charge in [0.1, 0.15) is 11.5 Å². The average molecular weight is 511 g/mol. The molecule has 3 aromatic rings. The monoisotopic (exact) mass is 510 g/mol. The van der Waals surface area contributed by atoms with Crippen LogP contribution in [-0.4, -0.2) is 59.6 Å². The van der Waals surface area contributed by atoms with Gasteiger partial charge in [0.15, 0.2) is 11.5 Å². The van der Waals surface area contributed by atoms with E-state index in [1.54, 1.807) is 56.7 Å². The SMILES string of the molecule is COc1ccc(CC(=O)N2CCN(c3ccc(OS(=O)(=O)Cc4ccccc4)cc3)CC2)cc1OC. The van der Waals surface area contributed by atoms with Gasteiger partial charge < -0.3 is 23.5 Å². The number of nitrogens with zero attached hydrogens (tertiary/aromatic N) is 2. The third-order valence-corrected chi connectivity index (χ3v) is 7.18. The molecule has 0 aromatic heterocycles. The molecule has 1 aliphatic heterocycles. The van der Waals surface area contributed by atoms with E-state index in [2.05, 4.69) is 4.90 Å². The van der Waals surface area contributed by atoms with Crippen molar-refractivity contribution in [1.82, 2.24) is 4.90 Å². The smallest absolute Gasteiger partial charge is 0.313 e. The fraction of sp³-hybridized carbons (Fsp3) is 0.296. The molecule has 0 unspecified atom stereocenters. The standard InChI is InChI=1S/C27H30N2O6S/c1-33-25-13-8-22(18-26(25)34-2)19-27(30)29-16-14-28(15-17-29)23-9-11-24(12-10-23)35-36(31,32)20-21-6-4-3-5-7-21/h3-13,18H,14-17,19-20H2,1-2H3. The summed E-state index contributed by atoms with van der Waals surface area (Å²) in [6.07, 6.45) is 0.295. The third-order valence-electron chi connectivity index (χ3n) is 6.05. The van der Waals surface area contributed by atoms with Crippen LogP contribution >= 0.6 is 0 Å². The third kappa shape index (κ3) is 6.48. The minimum Gasteiger partial charge on any atom is -0.493 e. The van der Waals surface area contributed by atoms with Gasteiger partial charge in [-0.15, -0.1) is 0 Å². The van der Waals surface area contributed by atoms with Crippen LogP contribution in [0.1, 0.15) is 11.1 Å². The van der Waals surface area contributed by atoms with E-state index in [0.29, 0.717) is 49.7 Å². The van der Waals surface area contributed by atoms with E-state index >= 15 is 0 Å². The van der Waals surface area contributed by atoms with Gasteiger partial charge in [0.25, 0.3) is 0 Å². The number of piperazine rings is 1. The number of benzene rings is 3. The highest BCUT2D eigenvalue weighted by atomic mass is 32.2. The molecule has 0 saturated carbocycles. The predicted molar refractivity (Wildman–Crippen MR) is 138 cm³/mol. The summed E-state index contributed by atoms with van der Waals surface area (Å²) < 4.78 is 40.6. The fourth-order valence-corrected chi connectivity index (χ4v) is 5.22. The zero-order valence-electron chi connectivity index (χ0n) is 20.4. The minimum absolute atomic E-state index is 0.0641. The molecule has 3 aromatic carbocycles. The Morgan fingerprint density at radius 1 is 0.806 bits per heavy atom. The molecule has 1 fully saturated rings. The fourth-order valence-electron chi connectivity index (χ4n) is 4.16. The van der Waals surface area contributed by atoms with Crippen molar-refractivity contribution < 1.29 is 26.9 Å². The van der Waals surface area contributed by atoms with Crippen molar-refractivity contribution in [2.75, 3.05) is 45.3 Å². The van der Waals surface area contributed by atoms with Crippen LogP contribution in [-0.2, 0) is 27.1 Å². The number of carbonyl (C=O) groups is 1. The molecule has 36 heavy (non-hydrogen) atoms. The van der Waals surface area contributed by atoms with Crippen molar-refractivity contribution in [2.24, 2.45) is 0 Å². The first kappa shape index (κ1) is 25.4. The number of methoxy groups -OCH3 is 2. The van der Waals surface area contributed by atoms with Crippen molar-refractivity contribution in [3.05, 3.63) is 83.9 Å². The second-order valence-corrected chi connectivity index (χ2v) is 10.1. The summed E-state index contributed by atoms with van der Waals surface area (Å²) in [4.78, 5) is 16.9. The van der Waals surface area contributed by atoms with Gasteiger partial charge in [0.2, 0.25) is 5.91 Å². The zero-order chi connectivity index (χ0) is 25.5. The van der Waals surface area contributed by atoms with E-state index in [1.807, 2.05) is 35.2 Å². The summed E-state index contributed by atoms with van der Waals surface area (Å²) in [7, 11) is -0.595. The summed E-state index contributed by atoms with van der Waals surface area (Å²) in [6, 6.07) is 21.4. The van der Waals surface area contributed by atoms with Crippen LogP contribution in [0.2, 0.25) is 0 Å². The maximum Gasteiger partial charge on any atom is 0.313 e. The van der Waals surface area contributed by atoms with E-state index in [9.17, 15) is 13.2 Å². The van der Waals surface area contributed by atoms with Crippen molar-refractivity contribution >= 4 is 21.7 Å². The van der Waals surface area contributed by atoms with Crippen molar-refractivity contribution in [2.45, 2.75) is 12.2 Å². The number of hydrogen-bond acceptors (Lipinski definition) is 7. The van der Waals surface area contributed by atoms with Crippen LogP contribution in [0.5, 0.6) is 17.2 Å². The van der Waals surface area contributed by atoms with Crippen LogP contribution < -0.4 is 18.6 Å². The van der Waals surface area contributed by atoms with Gasteiger partial charge in [0.05, 0.1) is 20.6 Å². The number of anilines is 1. The molecule has 1 amide bonds. The Balaban J connectivity index is 1.29. The Morgan fingerprint density at radius 3 is 2.11 bits per heavy atom. The molecule has 9 heteroatoms. The quantitative estimate of drug-likeness (QED) is 0.407. The lowest BCUT2D eigenvalue weighted by Gasteiger charge is -2.36. The highest BCUT2D eigenvalue weighted by molar-refractivity contribution is 7.86. The first-order chi connectivity index (χ1) is 17.4. The molecule has 1 aliphatic rings. The van der Waals surface area contributed by atoms with Crippen molar-refractivity contribution in [3.8, 4) is 17.2 Å². The Bertz CT molecular complexity index is 1270. The first-order valence-corrected chi connectivity index (χ1v) is 13.2. The van der Waals surface area contributed by atoms with E-state index in [-0.39, 0.29) is 17.4 Å². The maximum atomic E-state index is 12.8. The van der Waals surface area contributed by atoms with Crippen LogP contribution in [0.4, 0.5) is 5.69 Å². The number of hydrogen-bond donors (Lipinski definition) is 0. The van der Waals surface area contributed by atoms with Gasteiger partial charge in [-0.3, -0.25) is 4.79 Å². The lowest BCUT2D eigenvalue weighted by Crippen LogP contribution is -2.49. The highest BCUT2D eigenvalue weighted by Gasteiger charge is 2.22. The topological polar surface area (TPSA) is 85.4 Å². The first-order valence-electron chi connectivity index (χ1n) is 11.7. The normalized spacial score (nSPS) is 13.8. The number of rotatable bonds is 9. The van der Waals surface area contributed by atoms with Gasteiger partial charge in [-0.25, -0.2) is 0 Å². The molecule has 190 valence electrons. The molecule has 0 N–H and O–H groups in total. The molecular formula is C27H30N2O6S. The molecule has 8 nitrogen and oxygen atoms in total. The highest BCUT2D eigenvalue weighted by Crippen LogP contribution is 2.28. The molecule has 0 aliphatic carbocycles.